The molecular weight excluding hydrogens is 368 g/mol. The quantitative estimate of drug-likeness (QED) is 0.419. The zero-order valence-corrected chi connectivity index (χ0v) is 17.8. The molecule has 0 aliphatic rings. The van der Waals surface area contributed by atoms with Gasteiger partial charge in [-0.15, -0.1) is 0 Å². The summed E-state index contributed by atoms with van der Waals surface area (Å²) in [6.45, 7) is 2.91. The third-order valence-corrected chi connectivity index (χ3v) is 5.23. The van der Waals surface area contributed by atoms with Gasteiger partial charge >= 0.3 is 0 Å². The summed E-state index contributed by atoms with van der Waals surface area (Å²) in [5, 5.41) is 3.21. The van der Waals surface area contributed by atoms with E-state index in [1.54, 1.807) is 0 Å². The van der Waals surface area contributed by atoms with Gasteiger partial charge in [0.1, 0.15) is 5.82 Å². The summed E-state index contributed by atoms with van der Waals surface area (Å²) in [5.41, 5.74) is 7.97. The van der Waals surface area contributed by atoms with Crippen LogP contribution in [0.1, 0.15) is 17.0 Å². The van der Waals surface area contributed by atoms with Crippen LogP contribution in [0.15, 0.2) is 78.9 Å². The van der Waals surface area contributed by atoms with Gasteiger partial charge in [-0.3, -0.25) is 0 Å². The number of nitrogens with zero attached hydrogens (tertiary/aromatic N) is 2. The molecule has 4 rings (SSSR count). The lowest BCUT2D eigenvalue weighted by Gasteiger charge is -2.19. The number of aromatic amines is 1. The molecule has 30 heavy (non-hydrogen) atoms. The molecule has 1 aromatic heterocycles. The highest BCUT2D eigenvalue weighted by Crippen LogP contribution is 2.33. The summed E-state index contributed by atoms with van der Waals surface area (Å²) in [6, 6.07) is 27.6. The van der Waals surface area contributed by atoms with Crippen LogP contribution >= 0.6 is 0 Å². The molecule has 0 aliphatic heterocycles. The zero-order valence-electron chi connectivity index (χ0n) is 17.8. The van der Waals surface area contributed by atoms with E-state index in [-0.39, 0.29) is 0 Å². The fraction of sp³-hybridized carbons (Fsp3) is 0.192. The van der Waals surface area contributed by atoms with Crippen LogP contribution in [0.4, 0.5) is 5.69 Å². The van der Waals surface area contributed by atoms with E-state index in [4.69, 9.17) is 4.98 Å². The van der Waals surface area contributed by atoms with Gasteiger partial charge in [-0.25, -0.2) is 4.98 Å². The molecule has 1 heterocycles. The highest BCUT2D eigenvalue weighted by Gasteiger charge is 2.15. The van der Waals surface area contributed by atoms with Crippen LogP contribution in [0.3, 0.4) is 0 Å². The molecule has 4 aromatic rings. The first-order valence-electron chi connectivity index (χ1n) is 10.3. The number of H-pyrrole nitrogens is 1. The van der Waals surface area contributed by atoms with Crippen molar-refractivity contribution in [3.8, 4) is 22.5 Å². The third kappa shape index (κ3) is 4.44. The van der Waals surface area contributed by atoms with Crippen molar-refractivity contribution in [2.75, 3.05) is 25.7 Å². The maximum absolute atomic E-state index is 5.02. The van der Waals surface area contributed by atoms with Crippen molar-refractivity contribution >= 4 is 5.69 Å². The van der Waals surface area contributed by atoms with Gasteiger partial charge in [-0.05, 0) is 37.7 Å². The average molecular weight is 397 g/mol. The molecule has 2 N–H and O–H groups in total. The number of nitrogens with one attached hydrogen (secondary N) is 2. The summed E-state index contributed by atoms with van der Waals surface area (Å²) in [5.74, 6) is 0.974. The van der Waals surface area contributed by atoms with E-state index in [2.05, 4.69) is 102 Å². The number of aryl methyl sites for hydroxylation is 1. The smallest absolute Gasteiger partial charge is 0.111 e. The number of anilines is 1. The van der Waals surface area contributed by atoms with Crippen molar-refractivity contribution in [3.05, 3.63) is 95.8 Å². The van der Waals surface area contributed by atoms with Gasteiger partial charge in [0.15, 0.2) is 0 Å². The normalized spacial score (nSPS) is 10.9. The molecule has 0 radical (unpaired) electrons. The summed E-state index contributed by atoms with van der Waals surface area (Å²) < 4.78 is 0. The Kier molecular flexibility index (Phi) is 5.96. The molecular formula is C26H28N4. The summed E-state index contributed by atoms with van der Waals surface area (Å²) in [7, 11) is 4.05. The molecule has 0 bridgehead atoms. The van der Waals surface area contributed by atoms with Crippen LogP contribution in [-0.4, -0.2) is 30.7 Å². The van der Waals surface area contributed by atoms with Gasteiger partial charge in [0.2, 0.25) is 0 Å². The number of aromatic nitrogens is 2. The Morgan fingerprint density at radius 2 is 1.67 bits per heavy atom. The van der Waals surface area contributed by atoms with Crippen molar-refractivity contribution in [2.45, 2.75) is 13.3 Å². The van der Waals surface area contributed by atoms with Gasteiger partial charge in [0.05, 0.1) is 18.1 Å². The van der Waals surface area contributed by atoms with E-state index in [1.165, 1.54) is 11.1 Å². The van der Waals surface area contributed by atoms with E-state index < -0.39 is 0 Å². The van der Waals surface area contributed by atoms with E-state index in [0.29, 0.717) is 0 Å². The Bertz CT molecular complexity index is 1110. The largest absolute Gasteiger partial charge is 0.362 e. The van der Waals surface area contributed by atoms with E-state index in [9.17, 15) is 0 Å². The molecule has 0 aliphatic carbocycles. The van der Waals surface area contributed by atoms with Crippen molar-refractivity contribution < 1.29 is 0 Å². The molecule has 3 aromatic carbocycles. The second-order valence-corrected chi connectivity index (χ2v) is 7.70. The minimum Gasteiger partial charge on any atom is -0.362 e. The fourth-order valence-corrected chi connectivity index (χ4v) is 3.73. The molecule has 0 saturated heterocycles. The summed E-state index contributed by atoms with van der Waals surface area (Å²) in [4.78, 5) is 10.8. The predicted octanol–water partition coefficient (Wildman–Crippen LogP) is 5.26. The standard InChI is InChI=1S/C26H28N4/c1-19-9-7-12-21(15-19)25-26(22-13-8-14-23(17-22)30(3)18-27-2)29-24(28-25)16-20-10-5-4-6-11-20/h4-15,17,27H,16,18H2,1-3H3,(H,28,29). The van der Waals surface area contributed by atoms with Crippen LogP contribution in [0, 0.1) is 6.92 Å². The Morgan fingerprint density at radius 1 is 0.900 bits per heavy atom. The molecule has 0 spiro atoms. The van der Waals surface area contributed by atoms with Crippen LogP contribution in [0.25, 0.3) is 22.5 Å². The van der Waals surface area contributed by atoms with Crippen molar-refractivity contribution in [2.24, 2.45) is 0 Å². The Morgan fingerprint density at radius 3 is 2.43 bits per heavy atom. The Hall–Kier alpha value is -3.37. The van der Waals surface area contributed by atoms with Gasteiger partial charge < -0.3 is 15.2 Å². The van der Waals surface area contributed by atoms with E-state index >= 15 is 0 Å². The highest BCUT2D eigenvalue weighted by molar-refractivity contribution is 5.80. The first kappa shape index (κ1) is 19.9. The summed E-state index contributed by atoms with van der Waals surface area (Å²) in [6.07, 6.45) is 0.777. The van der Waals surface area contributed by atoms with Crippen molar-refractivity contribution in [3.63, 3.8) is 0 Å². The molecule has 4 nitrogen and oxygen atoms in total. The SMILES string of the molecule is CNCN(C)c1cccc(-c2[nH]c(Cc3ccccc3)nc2-c2cccc(C)c2)c1. The number of rotatable bonds is 7. The third-order valence-electron chi connectivity index (χ3n) is 5.23. The number of benzene rings is 3. The van der Waals surface area contributed by atoms with Crippen LogP contribution in [0.5, 0.6) is 0 Å². The van der Waals surface area contributed by atoms with E-state index in [0.717, 1.165) is 47.1 Å². The number of hydrogen-bond donors (Lipinski definition) is 2. The predicted molar refractivity (Wildman–Crippen MR) is 126 cm³/mol. The minimum absolute atomic E-state index is 0.777. The Labute approximate surface area is 178 Å². The molecule has 0 amide bonds. The van der Waals surface area contributed by atoms with Crippen molar-refractivity contribution in [1.82, 2.24) is 15.3 Å². The van der Waals surface area contributed by atoms with Crippen molar-refractivity contribution in [1.29, 1.82) is 0 Å². The van der Waals surface area contributed by atoms with Gasteiger partial charge in [-0.1, -0.05) is 66.2 Å². The van der Waals surface area contributed by atoms with Crippen LogP contribution < -0.4 is 10.2 Å². The maximum Gasteiger partial charge on any atom is 0.111 e. The first-order chi connectivity index (χ1) is 14.6. The number of imidazole rings is 1. The molecule has 0 unspecified atom stereocenters. The monoisotopic (exact) mass is 396 g/mol. The maximum atomic E-state index is 5.02. The molecule has 0 atom stereocenters. The lowest BCUT2D eigenvalue weighted by atomic mass is 10.0. The van der Waals surface area contributed by atoms with Crippen LogP contribution in [-0.2, 0) is 6.42 Å². The first-order valence-corrected chi connectivity index (χ1v) is 10.3. The zero-order chi connectivity index (χ0) is 20.9. The molecule has 0 saturated carbocycles. The second kappa shape index (κ2) is 8.97. The number of hydrogen-bond acceptors (Lipinski definition) is 3. The van der Waals surface area contributed by atoms with Gasteiger partial charge in [-0.2, -0.15) is 0 Å². The fourth-order valence-electron chi connectivity index (χ4n) is 3.73. The molecule has 152 valence electrons. The Balaban J connectivity index is 1.78. The topological polar surface area (TPSA) is 44.0 Å². The highest BCUT2D eigenvalue weighted by atomic mass is 15.2. The van der Waals surface area contributed by atoms with Crippen LogP contribution in [0.2, 0.25) is 0 Å². The molecule has 0 fully saturated rings. The lowest BCUT2D eigenvalue weighted by Crippen LogP contribution is -2.28. The van der Waals surface area contributed by atoms with Gasteiger partial charge in [0.25, 0.3) is 0 Å². The molecule has 4 heteroatoms. The van der Waals surface area contributed by atoms with E-state index in [1.807, 2.05) is 13.1 Å². The average Bonchev–Trinajstić information content (AvgIpc) is 3.18. The summed E-state index contributed by atoms with van der Waals surface area (Å²) >= 11 is 0. The van der Waals surface area contributed by atoms with Gasteiger partial charge in [0, 0.05) is 30.3 Å². The second-order valence-electron chi connectivity index (χ2n) is 7.70. The minimum atomic E-state index is 0.777. The lowest BCUT2D eigenvalue weighted by molar-refractivity contribution is 0.776.